The van der Waals surface area contributed by atoms with E-state index in [-0.39, 0.29) is 31.1 Å². The van der Waals surface area contributed by atoms with Gasteiger partial charge in [-0.25, -0.2) is 9.59 Å². The Morgan fingerprint density at radius 3 is 2.87 bits per heavy atom. The van der Waals surface area contributed by atoms with E-state index in [1.54, 1.807) is 0 Å². The van der Waals surface area contributed by atoms with Crippen LogP contribution in [0.3, 0.4) is 0 Å². The summed E-state index contributed by atoms with van der Waals surface area (Å²) < 4.78 is 5.27. The van der Waals surface area contributed by atoms with E-state index in [1.807, 2.05) is 6.92 Å². The number of hydrogen-bond donors (Lipinski definition) is 3. The zero-order chi connectivity index (χ0) is 10.8. The molecule has 2 unspecified atom stereocenters. The predicted molar refractivity (Wildman–Crippen MR) is 50.7 cm³/mol. The Morgan fingerprint density at radius 2 is 2.13 bits per heavy atom. The second kappa shape index (κ2) is 3.93. The summed E-state index contributed by atoms with van der Waals surface area (Å²) in [7, 11) is 0. The summed E-state index contributed by atoms with van der Waals surface area (Å²) in [6, 6.07) is -0.501. The number of urea groups is 2. The Balaban J connectivity index is 1.92. The number of carbonyl (C=O) groups is 2. The van der Waals surface area contributed by atoms with Gasteiger partial charge >= 0.3 is 12.1 Å². The van der Waals surface area contributed by atoms with Gasteiger partial charge in [0.15, 0.2) is 0 Å². The van der Waals surface area contributed by atoms with Crippen molar-refractivity contribution in [1.82, 2.24) is 20.9 Å². The molecule has 0 aromatic carbocycles. The van der Waals surface area contributed by atoms with E-state index in [9.17, 15) is 9.59 Å². The summed E-state index contributed by atoms with van der Waals surface area (Å²) >= 11 is 0. The van der Waals surface area contributed by atoms with Crippen molar-refractivity contribution in [2.75, 3.05) is 13.3 Å². The Kier molecular flexibility index (Phi) is 2.63. The molecule has 7 heteroatoms. The maximum absolute atomic E-state index is 11.4. The van der Waals surface area contributed by atoms with E-state index >= 15 is 0 Å². The Labute approximate surface area is 87.1 Å². The van der Waals surface area contributed by atoms with Crippen LogP contribution in [0.25, 0.3) is 0 Å². The number of rotatable bonds is 4. The van der Waals surface area contributed by atoms with Crippen molar-refractivity contribution in [3.63, 3.8) is 0 Å². The van der Waals surface area contributed by atoms with Crippen molar-refractivity contribution in [3.05, 3.63) is 0 Å². The highest BCUT2D eigenvalue weighted by molar-refractivity contribution is 5.84. The minimum atomic E-state index is -0.352. The standard InChI is InChI=1S/C8H14N4O3/c1-2-3-15-4-12-6-5(10-8(12)14)9-7(13)11-6/h5-6H,2-4H2,1H3,(H,10,14)(H2,9,11,13). The fraction of sp³-hybridized carbons (Fsp3) is 0.750. The first-order valence-electron chi connectivity index (χ1n) is 4.94. The van der Waals surface area contributed by atoms with Gasteiger partial charge < -0.3 is 20.7 Å². The quantitative estimate of drug-likeness (QED) is 0.544. The first-order chi connectivity index (χ1) is 7.22. The summed E-state index contributed by atoms with van der Waals surface area (Å²) in [5, 5.41) is 7.86. The van der Waals surface area contributed by atoms with Crippen LogP contribution < -0.4 is 16.0 Å². The van der Waals surface area contributed by atoms with Crippen LogP contribution in [0.1, 0.15) is 13.3 Å². The molecule has 0 aromatic heterocycles. The van der Waals surface area contributed by atoms with E-state index in [4.69, 9.17) is 4.74 Å². The Hall–Kier alpha value is -1.50. The smallest absolute Gasteiger partial charge is 0.322 e. The minimum absolute atomic E-state index is 0.197. The number of amides is 4. The Morgan fingerprint density at radius 1 is 1.33 bits per heavy atom. The molecule has 2 rings (SSSR count). The van der Waals surface area contributed by atoms with Crippen molar-refractivity contribution in [2.45, 2.75) is 25.7 Å². The van der Waals surface area contributed by atoms with Crippen LogP contribution in [0.4, 0.5) is 9.59 Å². The number of ether oxygens (including phenoxy) is 1. The van der Waals surface area contributed by atoms with Gasteiger partial charge in [0.2, 0.25) is 0 Å². The number of fused-ring (bicyclic) bond motifs is 1. The highest BCUT2D eigenvalue weighted by Gasteiger charge is 2.45. The molecule has 15 heavy (non-hydrogen) atoms. The summed E-state index contributed by atoms with van der Waals surface area (Å²) in [6.45, 7) is 2.79. The maximum Gasteiger partial charge on any atom is 0.322 e. The maximum atomic E-state index is 11.4. The summed E-state index contributed by atoms with van der Waals surface area (Å²) in [5.74, 6) is 0. The van der Waals surface area contributed by atoms with Gasteiger partial charge in [0.25, 0.3) is 0 Å². The van der Waals surface area contributed by atoms with Crippen LogP contribution in [-0.4, -0.2) is 42.6 Å². The average Bonchev–Trinajstić information content (AvgIpc) is 2.65. The lowest BCUT2D eigenvalue weighted by molar-refractivity contribution is 0.0371. The summed E-state index contributed by atoms with van der Waals surface area (Å²) in [5.41, 5.74) is 0. The van der Waals surface area contributed by atoms with Crippen LogP contribution >= 0.6 is 0 Å². The molecule has 2 heterocycles. The predicted octanol–water partition coefficient (Wildman–Crippen LogP) is -0.639. The molecule has 0 spiro atoms. The first kappa shape index (κ1) is 10.0. The monoisotopic (exact) mass is 214 g/mol. The van der Waals surface area contributed by atoms with Crippen molar-refractivity contribution in [1.29, 1.82) is 0 Å². The fourth-order valence-corrected chi connectivity index (χ4v) is 1.64. The lowest BCUT2D eigenvalue weighted by Crippen LogP contribution is -2.44. The van der Waals surface area contributed by atoms with E-state index in [0.29, 0.717) is 6.61 Å². The van der Waals surface area contributed by atoms with Gasteiger partial charge in [-0.2, -0.15) is 0 Å². The molecule has 0 saturated carbocycles. The second-order valence-corrected chi connectivity index (χ2v) is 3.50. The molecule has 2 saturated heterocycles. The molecule has 84 valence electrons. The molecule has 2 fully saturated rings. The van der Waals surface area contributed by atoms with Crippen LogP contribution in [0.2, 0.25) is 0 Å². The largest absolute Gasteiger partial charge is 0.361 e. The molecule has 2 atom stereocenters. The molecule has 3 N–H and O–H groups in total. The van der Waals surface area contributed by atoms with Crippen molar-refractivity contribution in [3.8, 4) is 0 Å². The zero-order valence-corrected chi connectivity index (χ0v) is 8.45. The van der Waals surface area contributed by atoms with Crippen molar-refractivity contribution < 1.29 is 14.3 Å². The normalized spacial score (nSPS) is 28.5. The third-order valence-corrected chi connectivity index (χ3v) is 2.34. The van der Waals surface area contributed by atoms with Gasteiger partial charge in [-0.15, -0.1) is 0 Å². The molecule has 2 aliphatic heterocycles. The van der Waals surface area contributed by atoms with Gasteiger partial charge in [-0.05, 0) is 6.42 Å². The molecule has 4 amide bonds. The van der Waals surface area contributed by atoms with Crippen LogP contribution in [0, 0.1) is 0 Å². The summed E-state index contributed by atoms with van der Waals surface area (Å²) in [6.07, 6.45) is 0.200. The molecular formula is C8H14N4O3. The molecule has 7 nitrogen and oxygen atoms in total. The molecule has 0 aromatic rings. The molecular weight excluding hydrogens is 200 g/mol. The lowest BCUT2D eigenvalue weighted by atomic mass is 10.4. The van der Waals surface area contributed by atoms with Crippen molar-refractivity contribution in [2.24, 2.45) is 0 Å². The molecule has 2 aliphatic rings. The lowest BCUT2D eigenvalue weighted by Gasteiger charge is -2.20. The topological polar surface area (TPSA) is 82.7 Å². The number of nitrogens with one attached hydrogen (secondary N) is 3. The highest BCUT2D eigenvalue weighted by Crippen LogP contribution is 2.13. The van der Waals surface area contributed by atoms with Crippen molar-refractivity contribution >= 4 is 12.1 Å². The van der Waals surface area contributed by atoms with Crippen LogP contribution in [0.15, 0.2) is 0 Å². The number of hydrogen-bond acceptors (Lipinski definition) is 3. The van der Waals surface area contributed by atoms with E-state index in [0.717, 1.165) is 6.42 Å². The molecule has 0 aliphatic carbocycles. The zero-order valence-electron chi connectivity index (χ0n) is 8.45. The Bertz CT molecular complexity index is 283. The van der Waals surface area contributed by atoms with Crippen LogP contribution in [0.5, 0.6) is 0 Å². The average molecular weight is 214 g/mol. The van der Waals surface area contributed by atoms with E-state index in [1.165, 1.54) is 4.90 Å². The second-order valence-electron chi connectivity index (χ2n) is 3.50. The molecule has 0 radical (unpaired) electrons. The number of nitrogens with zero attached hydrogens (tertiary/aromatic N) is 1. The van der Waals surface area contributed by atoms with Gasteiger partial charge in [-0.3, -0.25) is 4.90 Å². The van der Waals surface area contributed by atoms with E-state index < -0.39 is 0 Å². The van der Waals surface area contributed by atoms with Gasteiger partial charge in [0.05, 0.1) is 0 Å². The van der Waals surface area contributed by atoms with Gasteiger partial charge in [0.1, 0.15) is 19.1 Å². The van der Waals surface area contributed by atoms with E-state index in [2.05, 4.69) is 16.0 Å². The summed E-state index contributed by atoms with van der Waals surface area (Å²) in [4.78, 5) is 23.9. The first-order valence-corrected chi connectivity index (χ1v) is 4.94. The van der Waals surface area contributed by atoms with Crippen LogP contribution in [-0.2, 0) is 4.74 Å². The highest BCUT2D eigenvalue weighted by atomic mass is 16.5. The molecule has 0 bridgehead atoms. The number of carbonyl (C=O) groups excluding carboxylic acids is 2. The SMILES string of the molecule is CCCOCN1C(=O)NC2NC(=O)NC21. The van der Waals surface area contributed by atoms with Gasteiger partial charge in [-0.1, -0.05) is 6.92 Å². The third kappa shape index (κ3) is 1.82. The van der Waals surface area contributed by atoms with Gasteiger partial charge in [0, 0.05) is 6.61 Å². The minimum Gasteiger partial charge on any atom is -0.361 e. The third-order valence-electron chi connectivity index (χ3n) is 2.34. The fourth-order valence-electron chi connectivity index (χ4n) is 1.64.